The molecule has 0 atom stereocenters. The average Bonchev–Trinajstić information content (AvgIpc) is 3.03. The molecule has 6 heteroatoms. The molecule has 22 heavy (non-hydrogen) atoms. The molecule has 0 spiro atoms. The van der Waals surface area contributed by atoms with Gasteiger partial charge in [0.1, 0.15) is 17.5 Å². The first-order valence-corrected chi connectivity index (χ1v) is 7.93. The number of anilines is 1. The molecule has 3 aromatic rings. The number of aromatic nitrogens is 1. The first kappa shape index (κ1) is 14.9. The molecule has 3 rings (SSSR count). The average molecular weight is 346 g/mol. The minimum absolute atomic E-state index is 0.203. The molecule has 2 heterocycles. The molecule has 0 unspecified atom stereocenters. The lowest BCUT2D eigenvalue weighted by atomic mass is 10.0. The van der Waals surface area contributed by atoms with Gasteiger partial charge in [0, 0.05) is 16.0 Å². The summed E-state index contributed by atoms with van der Waals surface area (Å²) in [5, 5.41) is 12.2. The summed E-state index contributed by atoms with van der Waals surface area (Å²) in [7, 11) is 0. The highest BCUT2D eigenvalue weighted by Gasteiger charge is 2.14. The summed E-state index contributed by atoms with van der Waals surface area (Å²) in [4.78, 5) is 5.28. The van der Waals surface area contributed by atoms with Gasteiger partial charge in [0.2, 0.25) is 0 Å². The van der Waals surface area contributed by atoms with Crippen LogP contribution in [-0.4, -0.2) is 4.98 Å². The first-order valence-electron chi connectivity index (χ1n) is 6.30. The SMILES string of the molecule is N#Cc1c(-c2cccs2)cc(-c2ccc(Cl)c(Cl)c2)nc1N. The number of nitrogens with zero attached hydrogens (tertiary/aromatic N) is 2. The van der Waals surface area contributed by atoms with Crippen LogP contribution in [0.5, 0.6) is 0 Å². The van der Waals surface area contributed by atoms with Gasteiger partial charge in [-0.25, -0.2) is 4.98 Å². The van der Waals surface area contributed by atoms with Crippen LogP contribution in [-0.2, 0) is 0 Å². The normalized spacial score (nSPS) is 10.4. The molecule has 2 N–H and O–H groups in total. The van der Waals surface area contributed by atoms with Crippen molar-refractivity contribution in [3.05, 3.63) is 57.4 Å². The van der Waals surface area contributed by atoms with E-state index in [-0.39, 0.29) is 5.82 Å². The maximum Gasteiger partial charge on any atom is 0.142 e. The van der Waals surface area contributed by atoms with Gasteiger partial charge in [0.25, 0.3) is 0 Å². The molecule has 0 aliphatic rings. The minimum Gasteiger partial charge on any atom is -0.383 e. The van der Waals surface area contributed by atoms with Crippen LogP contribution < -0.4 is 5.73 Å². The fourth-order valence-electron chi connectivity index (χ4n) is 2.11. The van der Waals surface area contributed by atoms with Gasteiger partial charge >= 0.3 is 0 Å². The molecule has 0 aliphatic heterocycles. The summed E-state index contributed by atoms with van der Waals surface area (Å²) in [6.07, 6.45) is 0. The van der Waals surface area contributed by atoms with Crippen LogP contribution in [0.1, 0.15) is 5.56 Å². The molecule has 0 radical (unpaired) electrons. The molecule has 0 aliphatic carbocycles. The predicted octanol–water partition coefficient (Wildman–Crippen LogP) is 5.24. The zero-order valence-electron chi connectivity index (χ0n) is 11.2. The topological polar surface area (TPSA) is 62.7 Å². The Hall–Kier alpha value is -2.06. The van der Waals surface area contributed by atoms with Crippen molar-refractivity contribution in [2.75, 3.05) is 5.73 Å². The molecule has 0 saturated heterocycles. The minimum atomic E-state index is 0.203. The Kier molecular flexibility index (Phi) is 4.04. The number of hydrogen-bond donors (Lipinski definition) is 1. The molecule has 1 aromatic carbocycles. The third kappa shape index (κ3) is 2.67. The second-order valence-corrected chi connectivity index (χ2v) is 6.30. The quantitative estimate of drug-likeness (QED) is 0.690. The summed E-state index contributed by atoms with van der Waals surface area (Å²) in [5.74, 6) is 0.203. The Balaban J connectivity index is 2.22. The molecular weight excluding hydrogens is 337 g/mol. The van der Waals surface area contributed by atoms with E-state index < -0.39 is 0 Å². The van der Waals surface area contributed by atoms with Gasteiger partial charge in [-0.3, -0.25) is 0 Å². The summed E-state index contributed by atoms with van der Waals surface area (Å²) >= 11 is 13.5. The fraction of sp³-hybridized carbons (Fsp3) is 0. The number of pyridine rings is 1. The van der Waals surface area contributed by atoms with E-state index in [1.807, 2.05) is 29.6 Å². The monoisotopic (exact) mass is 345 g/mol. The van der Waals surface area contributed by atoms with Crippen LogP contribution in [0.25, 0.3) is 21.7 Å². The van der Waals surface area contributed by atoms with Crippen molar-refractivity contribution >= 4 is 40.4 Å². The number of rotatable bonds is 2. The molecule has 108 valence electrons. The number of benzene rings is 1. The lowest BCUT2D eigenvalue weighted by Gasteiger charge is -2.09. The molecule has 0 saturated carbocycles. The molecule has 0 bridgehead atoms. The van der Waals surface area contributed by atoms with Crippen molar-refractivity contribution < 1.29 is 0 Å². The van der Waals surface area contributed by atoms with Crippen LogP contribution in [0.2, 0.25) is 10.0 Å². The second-order valence-electron chi connectivity index (χ2n) is 4.53. The van der Waals surface area contributed by atoms with Gasteiger partial charge in [-0.1, -0.05) is 35.3 Å². The van der Waals surface area contributed by atoms with E-state index in [4.69, 9.17) is 28.9 Å². The van der Waals surface area contributed by atoms with Gasteiger partial charge in [0.15, 0.2) is 0 Å². The fourth-order valence-corrected chi connectivity index (χ4v) is 3.16. The van der Waals surface area contributed by atoms with Crippen LogP contribution in [0.4, 0.5) is 5.82 Å². The van der Waals surface area contributed by atoms with Crippen molar-refractivity contribution in [1.29, 1.82) is 5.26 Å². The third-order valence-corrected chi connectivity index (χ3v) is 4.80. The first-order chi connectivity index (χ1) is 10.6. The van der Waals surface area contributed by atoms with E-state index in [2.05, 4.69) is 11.1 Å². The number of halogens is 2. The van der Waals surface area contributed by atoms with E-state index in [1.165, 1.54) is 0 Å². The number of nitrogen functional groups attached to an aromatic ring is 1. The van der Waals surface area contributed by atoms with Crippen LogP contribution in [0.3, 0.4) is 0 Å². The van der Waals surface area contributed by atoms with E-state index in [9.17, 15) is 5.26 Å². The standard InChI is InChI=1S/C16H9Cl2N3S/c17-12-4-3-9(6-13(12)18)14-7-10(15-2-1-5-22-15)11(8-19)16(20)21-14/h1-7H,(H2,20,21). The van der Waals surface area contributed by atoms with Crippen molar-refractivity contribution in [2.45, 2.75) is 0 Å². The lowest BCUT2D eigenvalue weighted by molar-refractivity contribution is 1.31. The van der Waals surface area contributed by atoms with Gasteiger partial charge < -0.3 is 5.73 Å². The lowest BCUT2D eigenvalue weighted by Crippen LogP contribution is -1.99. The summed E-state index contributed by atoms with van der Waals surface area (Å²) in [6, 6.07) is 13.1. The smallest absolute Gasteiger partial charge is 0.142 e. The maximum atomic E-state index is 9.34. The van der Waals surface area contributed by atoms with Crippen LogP contribution in [0.15, 0.2) is 41.8 Å². The number of nitrogens with two attached hydrogens (primary N) is 1. The van der Waals surface area contributed by atoms with Gasteiger partial charge in [-0.15, -0.1) is 11.3 Å². The summed E-state index contributed by atoms with van der Waals surface area (Å²) in [5.41, 5.74) is 8.55. The Morgan fingerprint density at radius 2 is 1.95 bits per heavy atom. The Morgan fingerprint density at radius 1 is 1.14 bits per heavy atom. The molecular formula is C16H9Cl2N3S. The third-order valence-electron chi connectivity index (χ3n) is 3.16. The Morgan fingerprint density at radius 3 is 2.59 bits per heavy atom. The largest absolute Gasteiger partial charge is 0.383 e. The van der Waals surface area contributed by atoms with Crippen molar-refractivity contribution in [1.82, 2.24) is 4.98 Å². The van der Waals surface area contributed by atoms with Crippen molar-refractivity contribution in [2.24, 2.45) is 0 Å². The highest BCUT2D eigenvalue weighted by molar-refractivity contribution is 7.13. The molecule has 3 nitrogen and oxygen atoms in total. The van der Waals surface area contributed by atoms with Crippen LogP contribution in [0, 0.1) is 11.3 Å². The number of thiophene rings is 1. The maximum absolute atomic E-state index is 9.34. The number of nitriles is 1. The van der Waals surface area contributed by atoms with E-state index in [0.717, 1.165) is 16.0 Å². The molecule has 2 aromatic heterocycles. The second kappa shape index (κ2) is 5.98. The highest BCUT2D eigenvalue weighted by atomic mass is 35.5. The highest BCUT2D eigenvalue weighted by Crippen LogP contribution is 2.35. The van der Waals surface area contributed by atoms with E-state index in [0.29, 0.717) is 21.3 Å². The van der Waals surface area contributed by atoms with E-state index >= 15 is 0 Å². The Bertz CT molecular complexity index is 883. The predicted molar refractivity (Wildman–Crippen MR) is 92.1 cm³/mol. The number of hydrogen-bond acceptors (Lipinski definition) is 4. The summed E-state index contributed by atoms with van der Waals surface area (Å²) < 4.78 is 0. The van der Waals surface area contributed by atoms with E-state index in [1.54, 1.807) is 23.5 Å². The zero-order valence-corrected chi connectivity index (χ0v) is 13.5. The van der Waals surface area contributed by atoms with Gasteiger partial charge in [-0.05, 0) is 29.6 Å². The molecule has 0 amide bonds. The van der Waals surface area contributed by atoms with Gasteiger partial charge in [0.05, 0.1) is 15.7 Å². The van der Waals surface area contributed by atoms with Gasteiger partial charge in [-0.2, -0.15) is 5.26 Å². The summed E-state index contributed by atoms with van der Waals surface area (Å²) in [6.45, 7) is 0. The van der Waals surface area contributed by atoms with Crippen LogP contribution >= 0.6 is 34.5 Å². The Labute approximate surface area is 141 Å². The zero-order chi connectivity index (χ0) is 15.7. The van der Waals surface area contributed by atoms with Crippen molar-refractivity contribution in [3.8, 4) is 27.8 Å². The molecule has 0 fully saturated rings. The van der Waals surface area contributed by atoms with Crippen molar-refractivity contribution in [3.63, 3.8) is 0 Å².